The summed E-state index contributed by atoms with van der Waals surface area (Å²) in [5.41, 5.74) is 5.33. The minimum atomic E-state index is -1.13. The number of aromatic nitrogens is 1. The van der Waals surface area contributed by atoms with E-state index in [0.717, 1.165) is 35.0 Å². The second kappa shape index (κ2) is 4.70. The van der Waals surface area contributed by atoms with Gasteiger partial charge in [0.05, 0.1) is 10.9 Å². The Hall–Kier alpha value is -2.10. The van der Waals surface area contributed by atoms with E-state index in [2.05, 4.69) is 11.5 Å². The highest BCUT2D eigenvalue weighted by molar-refractivity contribution is 5.97. The molecule has 0 atom stereocenters. The lowest BCUT2D eigenvalue weighted by molar-refractivity contribution is 0.0694. The number of nitrogens with zero attached hydrogens (tertiary/aromatic N) is 1. The molecule has 1 aliphatic carbocycles. The van der Waals surface area contributed by atoms with Crippen LogP contribution in [0.5, 0.6) is 0 Å². The second-order valence-electron chi connectivity index (χ2n) is 6.42. The minimum Gasteiger partial charge on any atom is -0.477 e. The van der Waals surface area contributed by atoms with E-state index in [9.17, 15) is 14.7 Å². The number of pyridine rings is 1. The first-order chi connectivity index (χ1) is 10.3. The van der Waals surface area contributed by atoms with Gasteiger partial charge in [0.2, 0.25) is 5.43 Å². The van der Waals surface area contributed by atoms with E-state index in [4.69, 9.17) is 0 Å². The summed E-state index contributed by atoms with van der Waals surface area (Å²) in [7, 11) is 0. The van der Waals surface area contributed by atoms with E-state index in [1.165, 1.54) is 5.56 Å². The Labute approximate surface area is 129 Å². The summed E-state index contributed by atoms with van der Waals surface area (Å²) in [6.07, 6.45) is 2.09. The molecule has 1 aromatic heterocycles. The summed E-state index contributed by atoms with van der Waals surface area (Å²) in [5, 5.41) is 10.1. The van der Waals surface area contributed by atoms with Gasteiger partial charge >= 0.3 is 5.97 Å². The van der Waals surface area contributed by atoms with Crippen molar-refractivity contribution >= 4 is 16.9 Å². The molecule has 1 heterocycles. The number of carbonyl (C=O) groups is 1. The predicted molar refractivity (Wildman–Crippen MR) is 87.1 cm³/mol. The molecule has 1 aromatic carbocycles. The van der Waals surface area contributed by atoms with Crippen LogP contribution in [0.15, 0.2) is 4.79 Å². The first kappa shape index (κ1) is 14.8. The smallest absolute Gasteiger partial charge is 0.341 e. The second-order valence-corrected chi connectivity index (χ2v) is 6.42. The summed E-state index contributed by atoms with van der Waals surface area (Å²) in [6.45, 7) is 9.77. The first-order valence-corrected chi connectivity index (χ1v) is 7.65. The third-order valence-corrected chi connectivity index (χ3v) is 5.20. The van der Waals surface area contributed by atoms with Crippen molar-refractivity contribution in [3.05, 3.63) is 43.7 Å². The normalized spacial score (nSPS) is 14.6. The molecule has 4 heteroatoms. The van der Waals surface area contributed by atoms with Crippen molar-refractivity contribution in [3.8, 4) is 0 Å². The number of hydrogen-bond acceptors (Lipinski definition) is 2. The van der Waals surface area contributed by atoms with Crippen molar-refractivity contribution < 1.29 is 9.90 Å². The maximum absolute atomic E-state index is 12.8. The van der Waals surface area contributed by atoms with Crippen LogP contribution in [0.4, 0.5) is 0 Å². The molecule has 2 aromatic rings. The van der Waals surface area contributed by atoms with E-state index in [0.29, 0.717) is 17.1 Å². The lowest BCUT2D eigenvalue weighted by Gasteiger charge is -2.22. The molecule has 0 unspecified atom stereocenters. The van der Waals surface area contributed by atoms with Crippen LogP contribution in [-0.4, -0.2) is 15.6 Å². The summed E-state index contributed by atoms with van der Waals surface area (Å²) < 4.78 is 2.09. The van der Waals surface area contributed by atoms with Crippen LogP contribution in [0.3, 0.4) is 0 Å². The van der Waals surface area contributed by atoms with Crippen LogP contribution in [0, 0.1) is 34.6 Å². The van der Waals surface area contributed by atoms with Gasteiger partial charge in [-0.05, 0) is 69.7 Å². The number of rotatable bonds is 2. The van der Waals surface area contributed by atoms with E-state index in [1.54, 1.807) is 6.92 Å². The Morgan fingerprint density at radius 1 is 1.00 bits per heavy atom. The van der Waals surface area contributed by atoms with E-state index in [-0.39, 0.29) is 11.0 Å². The molecule has 0 spiro atoms. The molecule has 1 saturated carbocycles. The van der Waals surface area contributed by atoms with Crippen LogP contribution in [0.2, 0.25) is 0 Å². The Morgan fingerprint density at radius 2 is 1.55 bits per heavy atom. The molecule has 1 fully saturated rings. The van der Waals surface area contributed by atoms with E-state index >= 15 is 0 Å². The fraction of sp³-hybridized carbons (Fsp3) is 0.444. The van der Waals surface area contributed by atoms with Crippen LogP contribution in [-0.2, 0) is 0 Å². The standard InChI is InChI=1S/C18H21NO3/c1-8-9(2)11(4)16-14(10(8)3)17(20)15(18(21)22)12(5)19(16)13-6-7-13/h13H,6-7H2,1-5H3,(H,21,22). The zero-order valence-electron chi connectivity index (χ0n) is 13.7. The van der Waals surface area contributed by atoms with Crippen LogP contribution < -0.4 is 5.43 Å². The zero-order chi connectivity index (χ0) is 16.3. The Bertz CT molecular complexity index is 886. The molecular weight excluding hydrogens is 278 g/mol. The summed E-state index contributed by atoms with van der Waals surface area (Å²) in [6, 6.07) is 0.321. The van der Waals surface area contributed by atoms with Gasteiger partial charge in [0, 0.05) is 11.7 Å². The highest BCUT2D eigenvalue weighted by Gasteiger charge is 2.31. The average Bonchev–Trinajstić information content (AvgIpc) is 3.26. The van der Waals surface area contributed by atoms with Crippen LogP contribution in [0.1, 0.15) is 57.2 Å². The van der Waals surface area contributed by atoms with Crippen LogP contribution in [0.25, 0.3) is 10.9 Å². The fourth-order valence-electron chi connectivity index (χ4n) is 3.49. The van der Waals surface area contributed by atoms with E-state index < -0.39 is 5.97 Å². The number of aryl methyl sites for hydroxylation is 2. The molecule has 0 radical (unpaired) electrons. The third kappa shape index (κ3) is 1.83. The SMILES string of the molecule is Cc1c(C)c(C)c2c(c1C)c(=O)c(C(=O)O)c(C)n2C1CC1. The van der Waals surface area contributed by atoms with Gasteiger partial charge in [-0.1, -0.05) is 0 Å². The number of benzene rings is 1. The zero-order valence-corrected chi connectivity index (χ0v) is 13.7. The number of fused-ring (bicyclic) bond motifs is 1. The molecule has 1 aliphatic rings. The molecule has 4 nitrogen and oxygen atoms in total. The molecule has 3 rings (SSSR count). The van der Waals surface area contributed by atoms with Crippen molar-refractivity contribution in [2.45, 2.75) is 53.5 Å². The van der Waals surface area contributed by atoms with Crippen LogP contribution >= 0.6 is 0 Å². The summed E-state index contributed by atoms with van der Waals surface area (Å²) >= 11 is 0. The van der Waals surface area contributed by atoms with E-state index in [1.807, 2.05) is 20.8 Å². The quantitative estimate of drug-likeness (QED) is 0.922. The third-order valence-electron chi connectivity index (χ3n) is 5.20. The average molecular weight is 299 g/mol. The van der Waals surface area contributed by atoms with Crippen molar-refractivity contribution in [1.82, 2.24) is 4.57 Å². The molecule has 116 valence electrons. The summed E-state index contributed by atoms with van der Waals surface area (Å²) in [5.74, 6) is -1.13. The Balaban J connectivity index is 2.66. The van der Waals surface area contributed by atoms with Gasteiger partial charge in [-0.25, -0.2) is 4.79 Å². The highest BCUT2D eigenvalue weighted by Crippen LogP contribution is 2.40. The topological polar surface area (TPSA) is 59.3 Å². The largest absolute Gasteiger partial charge is 0.477 e. The Morgan fingerprint density at radius 3 is 2.05 bits per heavy atom. The summed E-state index contributed by atoms with van der Waals surface area (Å²) in [4.78, 5) is 24.4. The minimum absolute atomic E-state index is 0.0786. The van der Waals surface area contributed by atoms with Crippen molar-refractivity contribution in [2.24, 2.45) is 0 Å². The number of aromatic carboxylic acids is 1. The van der Waals surface area contributed by atoms with Gasteiger partial charge in [0.1, 0.15) is 5.56 Å². The number of hydrogen-bond donors (Lipinski definition) is 1. The maximum Gasteiger partial charge on any atom is 0.341 e. The highest BCUT2D eigenvalue weighted by atomic mass is 16.4. The van der Waals surface area contributed by atoms with Gasteiger partial charge in [0.25, 0.3) is 0 Å². The molecule has 22 heavy (non-hydrogen) atoms. The lowest BCUT2D eigenvalue weighted by atomic mass is 9.92. The number of carboxylic acids is 1. The molecular formula is C18H21NO3. The van der Waals surface area contributed by atoms with Gasteiger partial charge in [-0.15, -0.1) is 0 Å². The lowest BCUT2D eigenvalue weighted by Crippen LogP contribution is -2.24. The van der Waals surface area contributed by atoms with Gasteiger partial charge in [-0.2, -0.15) is 0 Å². The van der Waals surface area contributed by atoms with Gasteiger partial charge < -0.3 is 9.67 Å². The Kier molecular flexibility index (Phi) is 3.17. The molecule has 0 bridgehead atoms. The maximum atomic E-state index is 12.8. The fourth-order valence-corrected chi connectivity index (χ4v) is 3.49. The monoisotopic (exact) mass is 299 g/mol. The molecule has 0 amide bonds. The molecule has 1 N–H and O–H groups in total. The molecule has 0 saturated heterocycles. The van der Waals surface area contributed by atoms with Gasteiger partial charge in [-0.3, -0.25) is 4.79 Å². The van der Waals surface area contributed by atoms with Gasteiger partial charge in [0.15, 0.2) is 0 Å². The molecule has 0 aliphatic heterocycles. The van der Waals surface area contributed by atoms with Crippen molar-refractivity contribution in [3.63, 3.8) is 0 Å². The van der Waals surface area contributed by atoms with Crippen molar-refractivity contribution in [1.29, 1.82) is 0 Å². The first-order valence-electron chi connectivity index (χ1n) is 7.65. The number of carboxylic acid groups (broad SMARTS) is 1. The predicted octanol–water partition coefficient (Wildman–Crippen LogP) is 3.58. The van der Waals surface area contributed by atoms with Crippen molar-refractivity contribution in [2.75, 3.05) is 0 Å².